The molecular formula is C12H16N2O2. The fourth-order valence-corrected chi connectivity index (χ4v) is 1.60. The highest BCUT2D eigenvalue weighted by Gasteiger charge is 2.33. The number of ether oxygens (including phenoxy) is 1. The number of aromatic nitrogens is 1. The summed E-state index contributed by atoms with van der Waals surface area (Å²) in [7, 11) is 0. The first kappa shape index (κ1) is 10.9. The van der Waals surface area contributed by atoms with Crippen molar-refractivity contribution in [1.82, 2.24) is 9.88 Å². The highest BCUT2D eigenvalue weighted by Crippen LogP contribution is 2.28. The van der Waals surface area contributed by atoms with Gasteiger partial charge >= 0.3 is 6.09 Å². The van der Waals surface area contributed by atoms with Gasteiger partial charge in [-0.2, -0.15) is 0 Å². The lowest BCUT2D eigenvalue weighted by molar-refractivity contribution is 0.101. The molecule has 0 aliphatic heterocycles. The highest BCUT2D eigenvalue weighted by atomic mass is 16.6. The number of carbonyl (C=O) groups excluding carboxylic acids is 1. The molecule has 1 aromatic rings. The minimum atomic E-state index is -0.226. The molecule has 1 amide bonds. The van der Waals surface area contributed by atoms with Crippen LogP contribution in [0.15, 0.2) is 24.4 Å². The minimum absolute atomic E-state index is 0.226. The van der Waals surface area contributed by atoms with Crippen molar-refractivity contribution in [2.75, 3.05) is 6.61 Å². The van der Waals surface area contributed by atoms with E-state index in [1.807, 2.05) is 25.1 Å². The first-order valence-corrected chi connectivity index (χ1v) is 5.64. The van der Waals surface area contributed by atoms with Crippen LogP contribution in [-0.4, -0.2) is 28.6 Å². The molecule has 86 valence electrons. The van der Waals surface area contributed by atoms with Gasteiger partial charge in [-0.05, 0) is 31.9 Å². The van der Waals surface area contributed by atoms with Crippen molar-refractivity contribution in [2.45, 2.75) is 32.4 Å². The molecule has 1 aromatic heterocycles. The molecule has 4 heteroatoms. The van der Waals surface area contributed by atoms with Gasteiger partial charge in [0, 0.05) is 12.2 Å². The Kier molecular flexibility index (Phi) is 3.39. The zero-order valence-corrected chi connectivity index (χ0v) is 9.43. The molecule has 1 heterocycles. The molecule has 0 atom stereocenters. The number of pyridine rings is 1. The molecule has 2 rings (SSSR count). The van der Waals surface area contributed by atoms with Gasteiger partial charge in [0.15, 0.2) is 0 Å². The fourth-order valence-electron chi connectivity index (χ4n) is 1.60. The number of amides is 1. The standard InChI is InChI=1S/C12H16N2O2/c1-2-16-12(15)14(11-6-7-11)9-10-5-3-4-8-13-10/h3-5,8,11H,2,6-7,9H2,1H3. The Morgan fingerprint density at radius 1 is 1.56 bits per heavy atom. The predicted octanol–water partition coefficient (Wildman–Crippen LogP) is 2.20. The fraction of sp³-hybridized carbons (Fsp3) is 0.500. The van der Waals surface area contributed by atoms with Gasteiger partial charge in [0.05, 0.1) is 18.8 Å². The topological polar surface area (TPSA) is 42.4 Å². The second-order valence-corrected chi connectivity index (χ2v) is 3.88. The van der Waals surface area contributed by atoms with E-state index in [9.17, 15) is 4.79 Å². The molecule has 0 aromatic carbocycles. The molecule has 0 unspecified atom stereocenters. The summed E-state index contributed by atoms with van der Waals surface area (Å²) in [5.41, 5.74) is 0.905. The van der Waals surface area contributed by atoms with E-state index in [4.69, 9.17) is 4.74 Å². The van der Waals surface area contributed by atoms with Crippen molar-refractivity contribution < 1.29 is 9.53 Å². The first-order valence-electron chi connectivity index (χ1n) is 5.64. The van der Waals surface area contributed by atoms with Gasteiger partial charge in [0.25, 0.3) is 0 Å². The molecule has 0 bridgehead atoms. The quantitative estimate of drug-likeness (QED) is 0.781. The molecule has 0 radical (unpaired) electrons. The Hall–Kier alpha value is -1.58. The third kappa shape index (κ3) is 2.72. The van der Waals surface area contributed by atoms with E-state index in [0.29, 0.717) is 19.2 Å². The molecule has 1 aliphatic rings. The maximum atomic E-state index is 11.7. The summed E-state index contributed by atoms with van der Waals surface area (Å²) in [4.78, 5) is 17.7. The number of hydrogen-bond acceptors (Lipinski definition) is 3. The maximum Gasteiger partial charge on any atom is 0.410 e. The lowest BCUT2D eigenvalue weighted by Crippen LogP contribution is -2.33. The van der Waals surface area contributed by atoms with Crippen LogP contribution in [0.1, 0.15) is 25.5 Å². The average Bonchev–Trinajstić information content (AvgIpc) is 3.11. The molecule has 4 nitrogen and oxygen atoms in total. The summed E-state index contributed by atoms with van der Waals surface area (Å²) in [6.45, 7) is 2.79. The summed E-state index contributed by atoms with van der Waals surface area (Å²) in [6, 6.07) is 6.07. The molecule has 0 N–H and O–H groups in total. The smallest absolute Gasteiger partial charge is 0.410 e. The number of nitrogens with zero attached hydrogens (tertiary/aromatic N) is 2. The number of hydrogen-bond donors (Lipinski definition) is 0. The molecular weight excluding hydrogens is 204 g/mol. The van der Waals surface area contributed by atoms with Gasteiger partial charge in [0.2, 0.25) is 0 Å². The van der Waals surface area contributed by atoms with Crippen molar-refractivity contribution in [3.63, 3.8) is 0 Å². The third-order valence-electron chi connectivity index (χ3n) is 2.55. The monoisotopic (exact) mass is 220 g/mol. The highest BCUT2D eigenvalue weighted by molar-refractivity contribution is 5.68. The summed E-state index contributed by atoms with van der Waals surface area (Å²) < 4.78 is 5.04. The normalized spacial score (nSPS) is 14.6. The lowest BCUT2D eigenvalue weighted by atomic mass is 10.3. The Labute approximate surface area is 95.2 Å². The van der Waals surface area contributed by atoms with E-state index < -0.39 is 0 Å². The van der Waals surface area contributed by atoms with Gasteiger partial charge in [-0.1, -0.05) is 6.07 Å². The van der Waals surface area contributed by atoms with Crippen LogP contribution >= 0.6 is 0 Å². The van der Waals surface area contributed by atoms with Gasteiger partial charge in [-0.25, -0.2) is 4.79 Å². The molecule has 1 saturated carbocycles. The van der Waals surface area contributed by atoms with E-state index in [0.717, 1.165) is 18.5 Å². The van der Waals surface area contributed by atoms with Crippen molar-refractivity contribution in [1.29, 1.82) is 0 Å². The van der Waals surface area contributed by atoms with Crippen molar-refractivity contribution >= 4 is 6.09 Å². The maximum absolute atomic E-state index is 11.7. The molecule has 0 saturated heterocycles. The Bertz CT molecular complexity index is 349. The van der Waals surface area contributed by atoms with Gasteiger partial charge in [-0.3, -0.25) is 9.88 Å². The number of rotatable bonds is 4. The predicted molar refractivity (Wildman–Crippen MR) is 59.8 cm³/mol. The van der Waals surface area contributed by atoms with Crippen LogP contribution < -0.4 is 0 Å². The first-order chi connectivity index (χ1) is 7.81. The van der Waals surface area contributed by atoms with E-state index in [-0.39, 0.29) is 6.09 Å². The summed E-state index contributed by atoms with van der Waals surface area (Å²) >= 11 is 0. The van der Waals surface area contributed by atoms with Crippen LogP contribution in [0.2, 0.25) is 0 Å². The summed E-state index contributed by atoms with van der Waals surface area (Å²) in [5.74, 6) is 0. The lowest BCUT2D eigenvalue weighted by Gasteiger charge is -2.20. The van der Waals surface area contributed by atoms with Crippen LogP contribution in [0.3, 0.4) is 0 Å². The van der Waals surface area contributed by atoms with E-state index >= 15 is 0 Å². The number of carbonyl (C=O) groups is 1. The SMILES string of the molecule is CCOC(=O)N(Cc1ccccn1)C1CC1. The van der Waals surface area contributed by atoms with Crippen molar-refractivity contribution in [3.05, 3.63) is 30.1 Å². The van der Waals surface area contributed by atoms with Crippen LogP contribution in [0.4, 0.5) is 4.79 Å². The molecule has 16 heavy (non-hydrogen) atoms. The van der Waals surface area contributed by atoms with Gasteiger partial charge < -0.3 is 4.74 Å². The van der Waals surface area contributed by atoms with Gasteiger partial charge in [-0.15, -0.1) is 0 Å². The Balaban J connectivity index is 2.00. The van der Waals surface area contributed by atoms with Crippen LogP contribution in [0.5, 0.6) is 0 Å². The zero-order valence-electron chi connectivity index (χ0n) is 9.43. The van der Waals surface area contributed by atoms with E-state index in [1.54, 1.807) is 11.1 Å². The van der Waals surface area contributed by atoms with Crippen LogP contribution in [-0.2, 0) is 11.3 Å². The zero-order chi connectivity index (χ0) is 11.4. The minimum Gasteiger partial charge on any atom is -0.450 e. The van der Waals surface area contributed by atoms with Crippen LogP contribution in [0.25, 0.3) is 0 Å². The third-order valence-corrected chi connectivity index (χ3v) is 2.55. The second kappa shape index (κ2) is 4.96. The second-order valence-electron chi connectivity index (χ2n) is 3.88. The van der Waals surface area contributed by atoms with Crippen molar-refractivity contribution in [2.24, 2.45) is 0 Å². The molecule has 1 aliphatic carbocycles. The van der Waals surface area contributed by atoms with E-state index in [1.165, 1.54) is 0 Å². The summed E-state index contributed by atoms with van der Waals surface area (Å²) in [6.07, 6.45) is 3.67. The van der Waals surface area contributed by atoms with E-state index in [2.05, 4.69) is 4.98 Å². The van der Waals surface area contributed by atoms with Crippen molar-refractivity contribution in [3.8, 4) is 0 Å². The molecule has 0 spiro atoms. The Morgan fingerprint density at radius 3 is 2.94 bits per heavy atom. The molecule has 1 fully saturated rings. The summed E-state index contributed by atoms with van der Waals surface area (Å²) in [5, 5.41) is 0. The largest absolute Gasteiger partial charge is 0.450 e. The average molecular weight is 220 g/mol. The van der Waals surface area contributed by atoms with Gasteiger partial charge in [0.1, 0.15) is 0 Å². The van der Waals surface area contributed by atoms with Crippen LogP contribution in [0, 0.1) is 0 Å². The Morgan fingerprint density at radius 2 is 2.38 bits per heavy atom.